The van der Waals surface area contributed by atoms with Crippen LogP contribution < -0.4 is 10.1 Å². The molecule has 0 aliphatic rings. The molecule has 0 fully saturated rings. The topological polar surface area (TPSA) is 38.3 Å². The molecule has 0 saturated carbocycles. The molecule has 0 heterocycles. The summed E-state index contributed by atoms with van der Waals surface area (Å²) < 4.78 is 6.20. The van der Waals surface area contributed by atoms with Gasteiger partial charge in [0.2, 0.25) is 0 Å². The first kappa shape index (κ1) is 13.9. The maximum Gasteiger partial charge on any atom is 0.251 e. The Balaban J connectivity index is 2.00. The van der Waals surface area contributed by atoms with Gasteiger partial charge in [-0.15, -0.1) is 0 Å². The largest absolute Gasteiger partial charge is 0.497 e. The average molecular weight is 367 g/mol. The van der Waals surface area contributed by atoms with Crippen LogP contribution in [0.5, 0.6) is 5.75 Å². The van der Waals surface area contributed by atoms with Crippen molar-refractivity contribution in [1.82, 2.24) is 5.32 Å². The van der Waals surface area contributed by atoms with Crippen molar-refractivity contribution in [2.75, 3.05) is 7.11 Å². The van der Waals surface area contributed by atoms with E-state index in [2.05, 4.69) is 27.9 Å². The van der Waals surface area contributed by atoms with Crippen molar-refractivity contribution in [3.05, 3.63) is 63.2 Å². The van der Waals surface area contributed by atoms with Crippen LogP contribution in [0.15, 0.2) is 48.5 Å². The lowest BCUT2D eigenvalue weighted by Crippen LogP contribution is -2.22. The highest BCUT2D eigenvalue weighted by molar-refractivity contribution is 14.1. The molecule has 2 aromatic rings. The Bertz CT molecular complexity index is 584. The summed E-state index contributed by atoms with van der Waals surface area (Å²) in [5.74, 6) is 0.724. The number of hydrogen-bond donors (Lipinski definition) is 1. The second kappa shape index (κ2) is 6.56. The highest BCUT2D eigenvalue weighted by atomic mass is 127. The van der Waals surface area contributed by atoms with E-state index in [0.29, 0.717) is 12.1 Å². The van der Waals surface area contributed by atoms with Crippen molar-refractivity contribution < 1.29 is 9.53 Å². The first-order valence-electron chi connectivity index (χ1n) is 5.86. The first-order chi connectivity index (χ1) is 9.19. The van der Waals surface area contributed by atoms with Gasteiger partial charge in [-0.2, -0.15) is 0 Å². The molecule has 4 heteroatoms. The lowest BCUT2D eigenvalue weighted by Gasteiger charge is -2.07. The van der Waals surface area contributed by atoms with Crippen LogP contribution in [0, 0.1) is 3.57 Å². The minimum absolute atomic E-state index is 0.0682. The number of carbonyl (C=O) groups is 1. The predicted molar refractivity (Wildman–Crippen MR) is 83.3 cm³/mol. The van der Waals surface area contributed by atoms with Crippen molar-refractivity contribution >= 4 is 28.5 Å². The molecule has 0 aromatic heterocycles. The third kappa shape index (κ3) is 3.96. The molecule has 98 valence electrons. The minimum Gasteiger partial charge on any atom is -0.497 e. The molecule has 0 saturated heterocycles. The fraction of sp³-hybridized carbons (Fsp3) is 0.133. The zero-order valence-corrected chi connectivity index (χ0v) is 12.7. The lowest BCUT2D eigenvalue weighted by molar-refractivity contribution is 0.0951. The van der Waals surface area contributed by atoms with Crippen LogP contribution >= 0.6 is 22.6 Å². The van der Waals surface area contributed by atoms with E-state index in [4.69, 9.17) is 4.74 Å². The molecule has 0 spiro atoms. The van der Waals surface area contributed by atoms with Gasteiger partial charge in [-0.05, 0) is 58.5 Å². The van der Waals surface area contributed by atoms with E-state index < -0.39 is 0 Å². The summed E-state index contributed by atoms with van der Waals surface area (Å²) in [6.07, 6.45) is 0. The van der Waals surface area contributed by atoms with Gasteiger partial charge in [-0.1, -0.05) is 18.2 Å². The van der Waals surface area contributed by atoms with Crippen LogP contribution in [0.3, 0.4) is 0 Å². The summed E-state index contributed by atoms with van der Waals surface area (Å²) in [5, 5.41) is 2.90. The third-order valence-electron chi connectivity index (χ3n) is 2.67. The van der Waals surface area contributed by atoms with Gasteiger partial charge in [-0.3, -0.25) is 4.79 Å². The van der Waals surface area contributed by atoms with Crippen LogP contribution in [0.2, 0.25) is 0 Å². The number of halogens is 1. The summed E-state index contributed by atoms with van der Waals surface area (Å²) in [6.45, 7) is 0.488. The molecule has 2 rings (SSSR count). The highest BCUT2D eigenvalue weighted by Crippen LogP contribution is 2.12. The van der Waals surface area contributed by atoms with Crippen molar-refractivity contribution in [3.8, 4) is 5.75 Å². The first-order valence-corrected chi connectivity index (χ1v) is 6.93. The molecular formula is C15H14INO2. The lowest BCUT2D eigenvalue weighted by atomic mass is 10.2. The molecule has 2 aromatic carbocycles. The number of amides is 1. The fourth-order valence-electron chi connectivity index (χ4n) is 1.70. The molecular weight excluding hydrogens is 353 g/mol. The van der Waals surface area contributed by atoms with Gasteiger partial charge in [0.1, 0.15) is 5.75 Å². The van der Waals surface area contributed by atoms with Crippen LogP contribution in [-0.4, -0.2) is 13.0 Å². The fourth-order valence-corrected chi connectivity index (χ4v) is 2.24. The van der Waals surface area contributed by atoms with E-state index >= 15 is 0 Å². The Morgan fingerprint density at radius 2 is 2.00 bits per heavy atom. The molecule has 19 heavy (non-hydrogen) atoms. The van der Waals surface area contributed by atoms with Gasteiger partial charge in [0.05, 0.1) is 7.11 Å². The van der Waals surface area contributed by atoms with Gasteiger partial charge in [0, 0.05) is 15.7 Å². The van der Waals surface area contributed by atoms with Crippen LogP contribution in [0.4, 0.5) is 0 Å². The van der Waals surface area contributed by atoms with Crippen molar-refractivity contribution in [2.24, 2.45) is 0 Å². The summed E-state index contributed by atoms with van der Waals surface area (Å²) >= 11 is 2.19. The predicted octanol–water partition coefficient (Wildman–Crippen LogP) is 3.23. The number of hydrogen-bond acceptors (Lipinski definition) is 2. The summed E-state index contributed by atoms with van der Waals surface area (Å²) in [5.41, 5.74) is 1.69. The van der Waals surface area contributed by atoms with Gasteiger partial charge in [0.15, 0.2) is 0 Å². The SMILES string of the molecule is COc1cccc(CNC(=O)c2cccc(I)c2)c1. The molecule has 0 bridgehead atoms. The van der Waals surface area contributed by atoms with E-state index in [1.165, 1.54) is 0 Å². The summed E-state index contributed by atoms with van der Waals surface area (Å²) in [6, 6.07) is 15.2. The molecule has 0 radical (unpaired) electrons. The minimum atomic E-state index is -0.0682. The van der Waals surface area contributed by atoms with E-state index in [0.717, 1.165) is 14.9 Å². The second-order valence-electron chi connectivity index (χ2n) is 4.04. The Hall–Kier alpha value is -1.56. The van der Waals surface area contributed by atoms with Gasteiger partial charge in [-0.25, -0.2) is 0 Å². The molecule has 3 nitrogen and oxygen atoms in total. The smallest absolute Gasteiger partial charge is 0.251 e. The number of benzene rings is 2. The average Bonchev–Trinajstić information content (AvgIpc) is 2.45. The van der Waals surface area contributed by atoms with Gasteiger partial charge < -0.3 is 10.1 Å². The Kier molecular flexibility index (Phi) is 4.79. The van der Waals surface area contributed by atoms with Crippen molar-refractivity contribution in [2.45, 2.75) is 6.54 Å². The standard InChI is InChI=1S/C15H14INO2/c1-19-14-7-2-4-11(8-14)10-17-15(18)12-5-3-6-13(16)9-12/h2-9H,10H2,1H3,(H,17,18). The van der Waals surface area contributed by atoms with Crippen molar-refractivity contribution in [1.29, 1.82) is 0 Å². The monoisotopic (exact) mass is 367 g/mol. The Labute approximate surface area is 126 Å². The molecule has 1 N–H and O–H groups in total. The van der Waals surface area contributed by atoms with E-state index in [9.17, 15) is 4.79 Å². The summed E-state index contributed by atoms with van der Waals surface area (Å²) in [4.78, 5) is 12.0. The zero-order valence-electron chi connectivity index (χ0n) is 10.5. The number of nitrogens with one attached hydrogen (secondary N) is 1. The van der Waals surface area contributed by atoms with Crippen LogP contribution in [0.1, 0.15) is 15.9 Å². The Morgan fingerprint density at radius 1 is 1.21 bits per heavy atom. The molecule has 0 atom stereocenters. The number of carbonyl (C=O) groups excluding carboxylic acids is 1. The second-order valence-corrected chi connectivity index (χ2v) is 5.29. The van der Waals surface area contributed by atoms with E-state index in [1.54, 1.807) is 7.11 Å². The molecule has 0 aliphatic carbocycles. The maximum atomic E-state index is 12.0. The number of methoxy groups -OCH3 is 1. The molecule has 1 amide bonds. The van der Waals surface area contributed by atoms with Crippen molar-refractivity contribution in [3.63, 3.8) is 0 Å². The highest BCUT2D eigenvalue weighted by Gasteiger charge is 2.05. The van der Waals surface area contributed by atoms with E-state index in [1.807, 2.05) is 48.5 Å². The quantitative estimate of drug-likeness (QED) is 0.843. The number of ether oxygens (including phenoxy) is 1. The van der Waals surface area contributed by atoms with Gasteiger partial charge in [0.25, 0.3) is 5.91 Å². The van der Waals surface area contributed by atoms with E-state index in [-0.39, 0.29) is 5.91 Å². The normalized spacial score (nSPS) is 10.0. The van der Waals surface area contributed by atoms with Crippen LogP contribution in [-0.2, 0) is 6.54 Å². The molecule has 0 unspecified atom stereocenters. The van der Waals surface area contributed by atoms with Crippen LogP contribution in [0.25, 0.3) is 0 Å². The Morgan fingerprint density at radius 3 is 2.74 bits per heavy atom. The molecule has 0 aliphatic heterocycles. The third-order valence-corrected chi connectivity index (χ3v) is 3.35. The van der Waals surface area contributed by atoms with Gasteiger partial charge >= 0.3 is 0 Å². The summed E-state index contributed by atoms with van der Waals surface area (Å²) in [7, 11) is 1.63. The zero-order chi connectivity index (χ0) is 13.7. The number of rotatable bonds is 4. The maximum absolute atomic E-state index is 12.0.